The molecule has 1 N–H and O–H groups in total. The number of rotatable bonds is 1. The Kier molecular flexibility index (Phi) is 4.37. The zero-order valence-electron chi connectivity index (χ0n) is 9.32. The summed E-state index contributed by atoms with van der Waals surface area (Å²) in [4.78, 5) is 22.8. The minimum absolute atomic E-state index is 0. The van der Waals surface area contributed by atoms with E-state index in [1.807, 2.05) is 24.3 Å². The van der Waals surface area contributed by atoms with Crippen molar-refractivity contribution in [2.45, 2.75) is 25.8 Å². The maximum Gasteiger partial charge on any atom is 0.217 e. The van der Waals surface area contributed by atoms with Gasteiger partial charge in [0, 0.05) is 32.0 Å². The Morgan fingerprint density at radius 3 is 2.75 bits per heavy atom. The van der Waals surface area contributed by atoms with E-state index in [1.165, 1.54) is 6.92 Å². The molecule has 1 aliphatic carbocycles. The quantitative estimate of drug-likeness (QED) is 0.781. The van der Waals surface area contributed by atoms with Gasteiger partial charge in [0.2, 0.25) is 5.91 Å². The van der Waals surface area contributed by atoms with Crippen LogP contribution in [0.4, 0.5) is 0 Å². The predicted molar refractivity (Wildman–Crippen MR) is 56.7 cm³/mol. The first-order chi connectivity index (χ1) is 7.18. The number of benzene rings is 1. The van der Waals surface area contributed by atoms with Gasteiger partial charge in [0.15, 0.2) is 5.78 Å². The molecule has 3 nitrogen and oxygen atoms in total. The monoisotopic (exact) mass is 267 g/mol. The van der Waals surface area contributed by atoms with Crippen LogP contribution in [0, 0.1) is 0 Å². The van der Waals surface area contributed by atoms with Gasteiger partial charge in [-0.15, -0.1) is 0 Å². The van der Waals surface area contributed by atoms with Gasteiger partial charge < -0.3 is 5.32 Å². The van der Waals surface area contributed by atoms with E-state index >= 15 is 0 Å². The van der Waals surface area contributed by atoms with Crippen LogP contribution in [0.5, 0.6) is 0 Å². The molecule has 0 aliphatic heterocycles. The third kappa shape index (κ3) is 2.56. The number of aryl methyl sites for hydroxylation is 1. The molecule has 1 atom stereocenters. The van der Waals surface area contributed by atoms with Crippen LogP contribution < -0.4 is 5.32 Å². The SMILES string of the molecule is CC(=O)NC1CCc2ccccc2C1=O.[Zn]. The van der Waals surface area contributed by atoms with E-state index in [-0.39, 0.29) is 37.2 Å². The molecule has 1 unspecified atom stereocenters. The first kappa shape index (κ1) is 13.1. The van der Waals surface area contributed by atoms with Gasteiger partial charge in [-0.25, -0.2) is 0 Å². The molecule has 1 aliphatic rings. The Labute approximate surface area is 107 Å². The number of fused-ring (bicyclic) bond motifs is 1. The maximum atomic E-state index is 11.9. The number of amides is 1. The number of hydrogen-bond acceptors (Lipinski definition) is 2. The molecule has 0 bridgehead atoms. The van der Waals surface area contributed by atoms with Gasteiger partial charge >= 0.3 is 0 Å². The number of Topliss-reactive ketones (excluding diaryl/α,β-unsaturated/α-hetero) is 1. The smallest absolute Gasteiger partial charge is 0.217 e. The molecule has 0 saturated heterocycles. The molecule has 0 aromatic heterocycles. The molecule has 0 heterocycles. The predicted octanol–water partition coefficient (Wildman–Crippen LogP) is 1.32. The number of carbonyl (C=O) groups is 2. The standard InChI is InChI=1S/C12H13NO2.Zn/c1-8(14)13-11-7-6-9-4-2-3-5-10(9)12(11)15;/h2-5,11H,6-7H2,1H3,(H,13,14);. The molecule has 4 heteroatoms. The molecule has 80 valence electrons. The van der Waals surface area contributed by atoms with Crippen molar-refractivity contribution in [3.05, 3.63) is 35.4 Å². The van der Waals surface area contributed by atoms with Crippen molar-refractivity contribution in [3.63, 3.8) is 0 Å². The fourth-order valence-corrected chi connectivity index (χ4v) is 1.98. The molecule has 0 saturated carbocycles. The molecule has 0 fully saturated rings. The van der Waals surface area contributed by atoms with Gasteiger partial charge in [-0.05, 0) is 18.4 Å². The zero-order chi connectivity index (χ0) is 10.8. The number of carbonyl (C=O) groups excluding carboxylic acids is 2. The van der Waals surface area contributed by atoms with Crippen LogP contribution in [-0.4, -0.2) is 17.7 Å². The van der Waals surface area contributed by atoms with Gasteiger partial charge in [-0.3, -0.25) is 9.59 Å². The molecule has 1 amide bonds. The van der Waals surface area contributed by atoms with Crippen molar-refractivity contribution in [2.24, 2.45) is 0 Å². The Balaban J connectivity index is 0.00000128. The van der Waals surface area contributed by atoms with Crippen LogP contribution in [0.1, 0.15) is 29.3 Å². The molecule has 16 heavy (non-hydrogen) atoms. The number of hydrogen-bond donors (Lipinski definition) is 1. The van der Waals surface area contributed by atoms with Crippen LogP contribution in [-0.2, 0) is 30.7 Å². The topological polar surface area (TPSA) is 46.2 Å². The fourth-order valence-electron chi connectivity index (χ4n) is 1.98. The third-order valence-corrected chi connectivity index (χ3v) is 2.68. The minimum Gasteiger partial charge on any atom is -0.346 e. The van der Waals surface area contributed by atoms with Crippen molar-refractivity contribution in [1.29, 1.82) is 0 Å². The zero-order valence-corrected chi connectivity index (χ0v) is 12.3. The van der Waals surface area contributed by atoms with Crippen molar-refractivity contribution < 1.29 is 29.1 Å². The average Bonchev–Trinajstić information content (AvgIpc) is 2.22. The van der Waals surface area contributed by atoms with Crippen molar-refractivity contribution >= 4 is 11.7 Å². The van der Waals surface area contributed by atoms with Crippen molar-refractivity contribution in [3.8, 4) is 0 Å². The molecule has 2 rings (SSSR count). The summed E-state index contributed by atoms with van der Waals surface area (Å²) in [5.41, 5.74) is 1.84. The first-order valence-corrected chi connectivity index (χ1v) is 5.07. The summed E-state index contributed by atoms with van der Waals surface area (Å²) in [5.74, 6) is -0.111. The summed E-state index contributed by atoms with van der Waals surface area (Å²) >= 11 is 0. The van der Waals surface area contributed by atoms with E-state index in [4.69, 9.17) is 0 Å². The summed E-state index contributed by atoms with van der Waals surface area (Å²) < 4.78 is 0. The summed E-state index contributed by atoms with van der Waals surface area (Å²) in [5, 5.41) is 2.68. The third-order valence-electron chi connectivity index (χ3n) is 2.68. The van der Waals surface area contributed by atoms with E-state index < -0.39 is 0 Å². The van der Waals surface area contributed by atoms with Crippen LogP contribution in [0.15, 0.2) is 24.3 Å². The van der Waals surface area contributed by atoms with Crippen LogP contribution in [0.3, 0.4) is 0 Å². The molecule has 1 aromatic rings. The van der Waals surface area contributed by atoms with Crippen molar-refractivity contribution in [2.75, 3.05) is 0 Å². The van der Waals surface area contributed by atoms with Gasteiger partial charge in [0.25, 0.3) is 0 Å². The van der Waals surface area contributed by atoms with E-state index in [2.05, 4.69) is 5.32 Å². The summed E-state index contributed by atoms with van der Waals surface area (Å²) in [6.45, 7) is 1.44. The van der Waals surface area contributed by atoms with E-state index in [9.17, 15) is 9.59 Å². The normalized spacial score (nSPS) is 18.3. The second-order valence-electron chi connectivity index (χ2n) is 3.81. The second-order valence-corrected chi connectivity index (χ2v) is 3.81. The average molecular weight is 269 g/mol. The summed E-state index contributed by atoms with van der Waals surface area (Å²) in [6.07, 6.45) is 1.56. The Hall–Kier alpha value is -1.02. The van der Waals surface area contributed by atoms with E-state index in [0.29, 0.717) is 6.42 Å². The Bertz CT molecular complexity index is 417. The molecule has 0 radical (unpaired) electrons. The largest absolute Gasteiger partial charge is 0.346 e. The second kappa shape index (κ2) is 5.35. The molecular weight excluding hydrogens is 256 g/mol. The van der Waals surface area contributed by atoms with E-state index in [1.54, 1.807) is 0 Å². The molecule has 0 spiro atoms. The van der Waals surface area contributed by atoms with Gasteiger partial charge in [0.1, 0.15) is 0 Å². The number of ketones is 1. The number of nitrogens with one attached hydrogen (secondary N) is 1. The summed E-state index contributed by atoms with van der Waals surface area (Å²) in [7, 11) is 0. The Morgan fingerprint density at radius 1 is 1.38 bits per heavy atom. The fraction of sp³-hybridized carbons (Fsp3) is 0.333. The molecule has 1 aromatic carbocycles. The Morgan fingerprint density at radius 2 is 2.06 bits per heavy atom. The maximum absolute atomic E-state index is 11.9. The van der Waals surface area contributed by atoms with Gasteiger partial charge in [-0.1, -0.05) is 24.3 Å². The van der Waals surface area contributed by atoms with Crippen LogP contribution >= 0.6 is 0 Å². The molecular formula is C12H13NO2Zn. The van der Waals surface area contributed by atoms with Gasteiger partial charge in [-0.2, -0.15) is 0 Å². The van der Waals surface area contributed by atoms with Crippen LogP contribution in [0.25, 0.3) is 0 Å². The van der Waals surface area contributed by atoms with E-state index in [0.717, 1.165) is 17.5 Å². The minimum atomic E-state index is -0.336. The van der Waals surface area contributed by atoms with Gasteiger partial charge in [0.05, 0.1) is 6.04 Å². The first-order valence-electron chi connectivity index (χ1n) is 5.07. The summed E-state index contributed by atoms with van der Waals surface area (Å²) in [6, 6.07) is 7.25. The van der Waals surface area contributed by atoms with Crippen molar-refractivity contribution in [1.82, 2.24) is 5.32 Å². The van der Waals surface area contributed by atoms with Crippen LogP contribution in [0.2, 0.25) is 0 Å².